The van der Waals surface area contributed by atoms with Gasteiger partial charge in [-0.3, -0.25) is 4.57 Å². The summed E-state index contributed by atoms with van der Waals surface area (Å²) in [6.45, 7) is 1.10. The zero-order valence-electron chi connectivity index (χ0n) is 16.5. The molecule has 166 valence electrons. The van der Waals surface area contributed by atoms with E-state index in [-0.39, 0.29) is 22.1 Å². The molecule has 4 unspecified atom stereocenters. The van der Waals surface area contributed by atoms with Gasteiger partial charge in [0.05, 0.1) is 12.7 Å². The zero-order chi connectivity index (χ0) is 22.1. The van der Waals surface area contributed by atoms with E-state index in [0.29, 0.717) is 5.75 Å². The first-order valence-corrected chi connectivity index (χ1v) is 10.5. The van der Waals surface area contributed by atoms with Crippen molar-refractivity contribution in [3.05, 3.63) is 36.7 Å². The molecule has 2 aromatic heterocycles. The Kier molecular flexibility index (Phi) is 6.27. The highest BCUT2D eigenvalue weighted by molar-refractivity contribution is 7.99. The third-order valence-corrected chi connectivity index (χ3v) is 6.08. The molecule has 0 aliphatic carbocycles. The molecule has 1 aromatic carbocycles. The van der Waals surface area contributed by atoms with E-state index in [1.807, 2.05) is 18.2 Å². The number of nitrogens with two attached hydrogens (primary N) is 1. The summed E-state index contributed by atoms with van der Waals surface area (Å²) in [5.41, 5.74) is 5.73. The number of aromatic nitrogens is 4. The summed E-state index contributed by atoms with van der Waals surface area (Å²) >= 11 is 1.07. The highest BCUT2D eigenvalue weighted by Crippen LogP contribution is 2.38. The molecule has 3 heterocycles. The largest absolute Gasteiger partial charge is 0.477 e. The minimum Gasteiger partial charge on any atom is -0.477 e. The van der Waals surface area contributed by atoms with Crippen LogP contribution in [0.4, 0.5) is 5.82 Å². The predicted octanol–water partition coefficient (Wildman–Crippen LogP) is -0.102. The lowest BCUT2D eigenvalue weighted by Crippen LogP contribution is -2.33. The van der Waals surface area contributed by atoms with Gasteiger partial charge >= 0.3 is 0 Å². The standard InChI is InChI=1S/C19H23N5O6S/c1-9(26)18(29-10-5-3-2-4-6-10)31-19-23-12-15(20)21-8-22-16(12)24(19)17-14(28)13(27)11(7-25)30-17/h2-6,8-9,11,13-14,17-18,25-28H,7H2,1H3,(H2,20,21,22)/t9?,11-,13?,14?,17-,18?/m1/s1. The molecule has 3 aromatic rings. The molecule has 12 heteroatoms. The first-order valence-electron chi connectivity index (χ1n) is 9.58. The second-order valence-electron chi connectivity index (χ2n) is 7.08. The lowest BCUT2D eigenvalue weighted by Gasteiger charge is -2.23. The van der Waals surface area contributed by atoms with Gasteiger partial charge in [0.2, 0.25) is 0 Å². The molecule has 1 aliphatic heterocycles. The summed E-state index contributed by atoms with van der Waals surface area (Å²) in [7, 11) is 0. The van der Waals surface area contributed by atoms with Crippen LogP contribution in [0.1, 0.15) is 13.2 Å². The molecule has 6 N–H and O–H groups in total. The van der Waals surface area contributed by atoms with Gasteiger partial charge in [0.1, 0.15) is 30.4 Å². The van der Waals surface area contributed by atoms with Gasteiger partial charge < -0.3 is 35.6 Å². The van der Waals surface area contributed by atoms with Crippen molar-refractivity contribution in [2.75, 3.05) is 12.3 Å². The minimum atomic E-state index is -1.36. The topological polar surface area (TPSA) is 169 Å². The maximum atomic E-state index is 10.6. The van der Waals surface area contributed by atoms with Crippen LogP contribution in [0.3, 0.4) is 0 Å². The number of ether oxygens (including phenoxy) is 2. The maximum Gasteiger partial charge on any atom is 0.177 e. The summed E-state index contributed by atoms with van der Waals surface area (Å²) in [6, 6.07) is 8.98. The highest BCUT2D eigenvalue weighted by atomic mass is 32.2. The average Bonchev–Trinajstić information content (AvgIpc) is 3.26. The fourth-order valence-electron chi connectivity index (χ4n) is 3.27. The van der Waals surface area contributed by atoms with Crippen LogP contribution >= 0.6 is 11.8 Å². The fourth-order valence-corrected chi connectivity index (χ4v) is 4.28. The number of benzene rings is 1. The van der Waals surface area contributed by atoms with Crippen molar-refractivity contribution in [3.63, 3.8) is 0 Å². The van der Waals surface area contributed by atoms with E-state index in [1.165, 1.54) is 10.9 Å². The molecule has 6 atom stereocenters. The molecule has 1 aliphatic rings. The Morgan fingerprint density at radius 1 is 1.23 bits per heavy atom. The van der Waals surface area contributed by atoms with Crippen LogP contribution in [0.15, 0.2) is 41.8 Å². The predicted molar refractivity (Wildman–Crippen MR) is 111 cm³/mol. The van der Waals surface area contributed by atoms with Crippen molar-refractivity contribution < 1.29 is 29.9 Å². The average molecular weight is 449 g/mol. The smallest absolute Gasteiger partial charge is 0.177 e. The Bertz CT molecular complexity index is 1040. The summed E-state index contributed by atoms with van der Waals surface area (Å²) in [5.74, 6) is 0.672. The van der Waals surface area contributed by atoms with Crippen molar-refractivity contribution in [2.24, 2.45) is 0 Å². The number of nitrogen functional groups attached to an aromatic ring is 1. The monoisotopic (exact) mass is 449 g/mol. The number of rotatable bonds is 7. The van der Waals surface area contributed by atoms with Gasteiger partial charge in [0.15, 0.2) is 33.8 Å². The van der Waals surface area contributed by atoms with Gasteiger partial charge in [-0.1, -0.05) is 18.2 Å². The third-order valence-electron chi connectivity index (χ3n) is 4.86. The van der Waals surface area contributed by atoms with E-state index in [2.05, 4.69) is 15.0 Å². The van der Waals surface area contributed by atoms with Crippen molar-refractivity contribution in [2.45, 2.75) is 48.2 Å². The SMILES string of the molecule is CC(O)C(Oc1ccccc1)Sc1nc2c(N)ncnc2n1[C@@H]1O[C@H](CO)C(O)C1O. The second kappa shape index (κ2) is 8.94. The highest BCUT2D eigenvalue weighted by Gasteiger charge is 2.45. The number of hydrogen-bond donors (Lipinski definition) is 5. The van der Waals surface area contributed by atoms with Crippen LogP contribution in [0.2, 0.25) is 0 Å². The zero-order valence-corrected chi connectivity index (χ0v) is 17.3. The number of fused-ring (bicyclic) bond motifs is 1. The Hall–Kier alpha value is -2.48. The third kappa shape index (κ3) is 4.18. The van der Waals surface area contributed by atoms with Crippen molar-refractivity contribution in [1.29, 1.82) is 0 Å². The second-order valence-corrected chi connectivity index (χ2v) is 8.15. The molecule has 0 radical (unpaired) electrons. The van der Waals surface area contributed by atoms with E-state index in [1.54, 1.807) is 19.1 Å². The van der Waals surface area contributed by atoms with Gasteiger partial charge in [0, 0.05) is 0 Å². The Morgan fingerprint density at radius 2 is 1.97 bits per heavy atom. The lowest BCUT2D eigenvalue weighted by atomic mass is 10.1. The number of thioether (sulfide) groups is 1. The Balaban J connectivity index is 1.75. The van der Waals surface area contributed by atoms with Crippen LogP contribution in [-0.2, 0) is 4.74 Å². The number of hydrogen-bond acceptors (Lipinski definition) is 11. The van der Waals surface area contributed by atoms with E-state index in [4.69, 9.17) is 15.2 Å². The molecular formula is C19H23N5O6S. The van der Waals surface area contributed by atoms with E-state index in [9.17, 15) is 20.4 Å². The molecular weight excluding hydrogens is 426 g/mol. The van der Waals surface area contributed by atoms with Crippen molar-refractivity contribution >= 4 is 28.7 Å². The number of imidazole rings is 1. The van der Waals surface area contributed by atoms with Crippen LogP contribution in [0.25, 0.3) is 11.2 Å². The van der Waals surface area contributed by atoms with E-state index < -0.39 is 42.7 Å². The molecule has 11 nitrogen and oxygen atoms in total. The molecule has 0 bridgehead atoms. The van der Waals surface area contributed by atoms with Gasteiger partial charge in [-0.05, 0) is 30.8 Å². The lowest BCUT2D eigenvalue weighted by molar-refractivity contribution is -0.0549. The minimum absolute atomic E-state index is 0.120. The normalized spacial score (nSPS) is 25.6. The molecule has 0 spiro atoms. The van der Waals surface area contributed by atoms with Crippen LogP contribution < -0.4 is 10.5 Å². The van der Waals surface area contributed by atoms with Crippen molar-refractivity contribution in [3.8, 4) is 5.75 Å². The number of anilines is 1. The van der Waals surface area contributed by atoms with Gasteiger partial charge in [0.25, 0.3) is 0 Å². The Labute approximate surface area is 181 Å². The summed E-state index contributed by atoms with van der Waals surface area (Å²) < 4.78 is 13.1. The molecule has 4 rings (SSSR count). The van der Waals surface area contributed by atoms with Crippen LogP contribution in [0, 0.1) is 0 Å². The summed E-state index contributed by atoms with van der Waals surface area (Å²) in [4.78, 5) is 12.6. The quantitative estimate of drug-likeness (QED) is 0.241. The number of aliphatic hydroxyl groups excluding tert-OH is 4. The van der Waals surface area contributed by atoms with E-state index in [0.717, 1.165) is 11.8 Å². The summed E-state index contributed by atoms with van der Waals surface area (Å²) in [5, 5.41) is 40.8. The molecule has 0 saturated carbocycles. The number of para-hydroxylation sites is 1. The van der Waals surface area contributed by atoms with Gasteiger partial charge in [-0.2, -0.15) is 0 Å². The molecule has 31 heavy (non-hydrogen) atoms. The number of aliphatic hydroxyl groups is 4. The first-order chi connectivity index (χ1) is 14.9. The summed E-state index contributed by atoms with van der Waals surface area (Å²) in [6.07, 6.45) is -4.39. The Morgan fingerprint density at radius 3 is 2.61 bits per heavy atom. The molecule has 1 fully saturated rings. The van der Waals surface area contributed by atoms with Crippen LogP contribution in [-0.4, -0.2) is 76.4 Å². The molecule has 1 saturated heterocycles. The van der Waals surface area contributed by atoms with E-state index >= 15 is 0 Å². The number of nitrogens with zero attached hydrogens (tertiary/aromatic N) is 4. The van der Waals surface area contributed by atoms with Crippen LogP contribution in [0.5, 0.6) is 5.75 Å². The van der Waals surface area contributed by atoms with Gasteiger partial charge in [-0.15, -0.1) is 0 Å². The maximum absolute atomic E-state index is 10.6. The molecule has 0 amide bonds. The van der Waals surface area contributed by atoms with Gasteiger partial charge in [-0.25, -0.2) is 15.0 Å². The van der Waals surface area contributed by atoms with Crippen molar-refractivity contribution in [1.82, 2.24) is 19.5 Å². The fraction of sp³-hybridized carbons (Fsp3) is 0.421. The first kappa shape index (κ1) is 21.7.